The van der Waals surface area contributed by atoms with Crippen molar-refractivity contribution >= 4 is 22.2 Å². The molecule has 0 radical (unpaired) electrons. The summed E-state index contributed by atoms with van der Waals surface area (Å²) >= 11 is 0. The molecule has 1 atom stereocenters. The topological polar surface area (TPSA) is 49.4 Å². The fourth-order valence-electron chi connectivity index (χ4n) is 2.06. The van der Waals surface area contributed by atoms with Gasteiger partial charge in [-0.1, -0.05) is 0 Å². The molecule has 1 unspecified atom stereocenters. The minimum absolute atomic E-state index is 0. The summed E-state index contributed by atoms with van der Waals surface area (Å²) < 4.78 is 23.3. The summed E-state index contributed by atoms with van der Waals surface area (Å²) in [5.41, 5.74) is 0. The van der Waals surface area contributed by atoms with Crippen LogP contribution in [-0.2, 0) is 9.84 Å². The standard InChI is InChI=1S/C11H24N2O2S.ClH/c1-10(2)16(14,15)7-6-13-5-4-11(9-13)8-12-3;/h10-12H,4-9H2,1-3H3;1H. The molecule has 17 heavy (non-hydrogen) atoms. The lowest BCUT2D eigenvalue weighted by molar-refractivity contribution is 0.340. The second-order valence-corrected chi connectivity index (χ2v) is 7.61. The second-order valence-electron chi connectivity index (χ2n) is 4.93. The van der Waals surface area contributed by atoms with Crippen molar-refractivity contribution in [1.29, 1.82) is 0 Å². The monoisotopic (exact) mass is 284 g/mol. The summed E-state index contributed by atoms with van der Waals surface area (Å²) in [5.74, 6) is 0.989. The lowest BCUT2D eigenvalue weighted by Gasteiger charge is -2.16. The van der Waals surface area contributed by atoms with Crippen molar-refractivity contribution in [3.63, 3.8) is 0 Å². The molecule has 1 aliphatic rings. The predicted molar refractivity (Wildman–Crippen MR) is 74.6 cm³/mol. The van der Waals surface area contributed by atoms with Crippen molar-refractivity contribution in [2.75, 3.05) is 39.0 Å². The van der Waals surface area contributed by atoms with Crippen LogP contribution in [0.25, 0.3) is 0 Å². The Morgan fingerprint density at radius 3 is 2.59 bits per heavy atom. The molecule has 0 aliphatic carbocycles. The van der Waals surface area contributed by atoms with E-state index in [9.17, 15) is 8.42 Å². The first-order chi connectivity index (χ1) is 7.45. The number of nitrogens with one attached hydrogen (secondary N) is 1. The molecule has 0 spiro atoms. The van der Waals surface area contributed by atoms with Crippen molar-refractivity contribution in [3.8, 4) is 0 Å². The van der Waals surface area contributed by atoms with Gasteiger partial charge in [-0.3, -0.25) is 0 Å². The van der Waals surface area contributed by atoms with E-state index in [4.69, 9.17) is 0 Å². The molecule has 1 fully saturated rings. The van der Waals surface area contributed by atoms with E-state index in [2.05, 4.69) is 10.2 Å². The zero-order valence-corrected chi connectivity index (χ0v) is 12.6. The first-order valence-electron chi connectivity index (χ1n) is 6.04. The Morgan fingerprint density at radius 2 is 2.06 bits per heavy atom. The minimum atomic E-state index is -2.87. The van der Waals surface area contributed by atoms with Gasteiger partial charge in [0.1, 0.15) is 0 Å². The molecule has 0 bridgehead atoms. The molecule has 0 amide bonds. The van der Waals surface area contributed by atoms with Gasteiger partial charge in [0, 0.05) is 13.1 Å². The summed E-state index contributed by atoms with van der Waals surface area (Å²) in [6, 6.07) is 0. The molecule has 1 saturated heterocycles. The maximum Gasteiger partial charge on any atom is 0.153 e. The Kier molecular flexibility index (Phi) is 7.63. The van der Waals surface area contributed by atoms with Crippen molar-refractivity contribution in [2.45, 2.75) is 25.5 Å². The molecule has 4 nitrogen and oxygen atoms in total. The Morgan fingerprint density at radius 1 is 1.41 bits per heavy atom. The summed E-state index contributed by atoms with van der Waals surface area (Å²) in [6.07, 6.45) is 1.18. The summed E-state index contributed by atoms with van der Waals surface area (Å²) in [4.78, 5) is 2.27. The third-order valence-electron chi connectivity index (χ3n) is 3.27. The number of halogens is 1. The first-order valence-corrected chi connectivity index (χ1v) is 7.75. The average Bonchev–Trinajstić information content (AvgIpc) is 2.63. The zero-order chi connectivity index (χ0) is 12.2. The first kappa shape index (κ1) is 17.2. The number of rotatable bonds is 6. The number of hydrogen-bond acceptors (Lipinski definition) is 4. The molecular weight excluding hydrogens is 260 g/mol. The molecule has 0 saturated carbocycles. The smallest absolute Gasteiger partial charge is 0.153 e. The van der Waals surface area contributed by atoms with Crippen LogP contribution in [0.5, 0.6) is 0 Å². The van der Waals surface area contributed by atoms with E-state index < -0.39 is 9.84 Å². The van der Waals surface area contributed by atoms with Crippen molar-refractivity contribution in [2.24, 2.45) is 5.92 Å². The minimum Gasteiger partial charge on any atom is -0.319 e. The molecule has 6 heteroatoms. The van der Waals surface area contributed by atoms with E-state index >= 15 is 0 Å². The Balaban J connectivity index is 0.00000256. The highest BCUT2D eigenvalue weighted by atomic mass is 35.5. The van der Waals surface area contributed by atoms with Gasteiger partial charge < -0.3 is 10.2 Å². The highest BCUT2D eigenvalue weighted by Gasteiger charge is 2.24. The Hall–Kier alpha value is 0.160. The van der Waals surface area contributed by atoms with Gasteiger partial charge in [-0.15, -0.1) is 12.4 Å². The second kappa shape index (κ2) is 7.56. The van der Waals surface area contributed by atoms with E-state index in [1.165, 1.54) is 6.42 Å². The van der Waals surface area contributed by atoms with E-state index in [0.29, 0.717) is 18.2 Å². The lowest BCUT2D eigenvalue weighted by atomic mass is 10.1. The highest BCUT2D eigenvalue weighted by Crippen LogP contribution is 2.15. The van der Waals surface area contributed by atoms with E-state index in [1.54, 1.807) is 13.8 Å². The van der Waals surface area contributed by atoms with Gasteiger partial charge >= 0.3 is 0 Å². The van der Waals surface area contributed by atoms with Gasteiger partial charge in [0.15, 0.2) is 9.84 Å². The number of hydrogen-bond donors (Lipinski definition) is 1. The molecular formula is C11H25ClN2O2S. The quantitative estimate of drug-likeness (QED) is 0.783. The van der Waals surface area contributed by atoms with Gasteiger partial charge in [0.05, 0.1) is 11.0 Å². The third kappa shape index (κ3) is 5.55. The van der Waals surface area contributed by atoms with Gasteiger partial charge in [-0.2, -0.15) is 0 Å². The highest BCUT2D eigenvalue weighted by molar-refractivity contribution is 7.92. The summed E-state index contributed by atoms with van der Waals surface area (Å²) in [7, 11) is -0.909. The van der Waals surface area contributed by atoms with Gasteiger partial charge in [0.2, 0.25) is 0 Å². The Bertz CT molecular complexity index is 307. The fourth-order valence-corrected chi connectivity index (χ4v) is 3.05. The molecule has 1 rings (SSSR count). The van der Waals surface area contributed by atoms with Crippen LogP contribution in [0.15, 0.2) is 0 Å². The molecule has 1 heterocycles. The van der Waals surface area contributed by atoms with Crippen LogP contribution < -0.4 is 5.32 Å². The summed E-state index contributed by atoms with van der Waals surface area (Å²) in [6.45, 7) is 7.31. The average molecular weight is 285 g/mol. The van der Waals surface area contributed by atoms with Crippen LogP contribution in [0.4, 0.5) is 0 Å². The maximum absolute atomic E-state index is 11.7. The van der Waals surface area contributed by atoms with Crippen molar-refractivity contribution < 1.29 is 8.42 Å². The molecule has 0 aromatic heterocycles. The molecule has 0 aromatic carbocycles. The van der Waals surface area contributed by atoms with Gasteiger partial charge in [-0.25, -0.2) is 8.42 Å². The Labute approximate surface area is 111 Å². The molecule has 104 valence electrons. The molecule has 1 N–H and O–H groups in total. The third-order valence-corrected chi connectivity index (χ3v) is 5.46. The van der Waals surface area contributed by atoms with Crippen LogP contribution in [0.3, 0.4) is 0 Å². The van der Waals surface area contributed by atoms with E-state index in [-0.39, 0.29) is 17.7 Å². The maximum atomic E-state index is 11.7. The van der Waals surface area contributed by atoms with E-state index in [1.807, 2.05) is 7.05 Å². The van der Waals surface area contributed by atoms with Crippen molar-refractivity contribution in [1.82, 2.24) is 10.2 Å². The van der Waals surface area contributed by atoms with Gasteiger partial charge in [0.25, 0.3) is 0 Å². The molecule has 1 aliphatic heterocycles. The van der Waals surface area contributed by atoms with Crippen LogP contribution >= 0.6 is 12.4 Å². The van der Waals surface area contributed by atoms with Crippen LogP contribution in [0, 0.1) is 5.92 Å². The fraction of sp³-hybridized carbons (Fsp3) is 1.00. The lowest BCUT2D eigenvalue weighted by Crippen LogP contribution is -2.31. The zero-order valence-electron chi connectivity index (χ0n) is 11.0. The number of sulfone groups is 1. The van der Waals surface area contributed by atoms with Crippen LogP contribution in [0.2, 0.25) is 0 Å². The predicted octanol–water partition coefficient (Wildman–Crippen LogP) is 0.773. The number of nitrogens with zero attached hydrogens (tertiary/aromatic N) is 1. The van der Waals surface area contributed by atoms with Crippen molar-refractivity contribution in [3.05, 3.63) is 0 Å². The van der Waals surface area contributed by atoms with Crippen LogP contribution in [0.1, 0.15) is 20.3 Å². The van der Waals surface area contributed by atoms with Crippen LogP contribution in [-0.4, -0.2) is 57.5 Å². The number of likely N-dealkylation sites (tertiary alicyclic amines) is 1. The SMILES string of the molecule is CNCC1CCN(CCS(=O)(=O)C(C)C)C1.Cl. The molecule has 0 aromatic rings. The summed E-state index contributed by atoms with van der Waals surface area (Å²) in [5, 5.41) is 2.93. The largest absolute Gasteiger partial charge is 0.319 e. The van der Waals surface area contributed by atoms with E-state index in [0.717, 1.165) is 19.6 Å². The normalized spacial score (nSPS) is 21.8. The van der Waals surface area contributed by atoms with Gasteiger partial charge in [-0.05, 0) is 46.3 Å².